The summed E-state index contributed by atoms with van der Waals surface area (Å²) in [4.78, 5) is 0. The Morgan fingerprint density at radius 3 is 1.64 bits per heavy atom. The molecule has 0 heterocycles. The van der Waals surface area contributed by atoms with E-state index in [1.165, 1.54) is 16.7 Å². The summed E-state index contributed by atoms with van der Waals surface area (Å²) >= 11 is 0. The first-order valence-electron chi connectivity index (χ1n) is 3.75. The number of rotatable bonds is 0. The molecular formula is C10H15Os. The summed E-state index contributed by atoms with van der Waals surface area (Å²) in [5.74, 6) is 0. The van der Waals surface area contributed by atoms with Gasteiger partial charge in [-0.2, -0.15) is 11.1 Å². The maximum absolute atomic E-state index is 3.44. The quantitative estimate of drug-likeness (QED) is 0.600. The molecule has 0 spiro atoms. The average Bonchev–Trinajstić information content (AvgIpc) is 1.95. The molecule has 0 saturated heterocycles. The zero-order chi connectivity index (χ0) is 7.94. The van der Waals surface area contributed by atoms with E-state index in [1.807, 2.05) is 0 Å². The van der Waals surface area contributed by atoms with Crippen molar-refractivity contribution in [1.29, 1.82) is 0 Å². The molecule has 0 nitrogen and oxygen atoms in total. The third-order valence-corrected chi connectivity index (χ3v) is 2.56. The first kappa shape index (κ1) is 11.1. The Morgan fingerprint density at radius 2 is 1.55 bits per heavy atom. The molecule has 0 fully saturated rings. The molecule has 0 atom stereocenters. The van der Waals surface area contributed by atoms with Gasteiger partial charge in [0, 0.05) is 0 Å². The van der Waals surface area contributed by atoms with Crippen LogP contribution in [-0.2, 0) is 19.8 Å². The van der Waals surface area contributed by atoms with Crippen LogP contribution >= 0.6 is 0 Å². The van der Waals surface area contributed by atoms with E-state index in [9.17, 15) is 0 Å². The van der Waals surface area contributed by atoms with Crippen molar-refractivity contribution in [2.45, 2.75) is 34.6 Å². The molecule has 1 rings (SSSR count). The van der Waals surface area contributed by atoms with E-state index >= 15 is 0 Å². The zero-order valence-electron chi connectivity index (χ0n) is 7.85. The topological polar surface area (TPSA) is 0 Å². The predicted molar refractivity (Wildman–Crippen MR) is 44.6 cm³/mol. The van der Waals surface area contributed by atoms with E-state index in [0.29, 0.717) is 0 Å². The van der Waals surface area contributed by atoms with Gasteiger partial charge in [-0.05, 0) is 0 Å². The third-order valence-electron chi connectivity index (χ3n) is 2.56. The summed E-state index contributed by atoms with van der Waals surface area (Å²) in [6.07, 6.45) is 3.44. The fourth-order valence-electron chi connectivity index (χ4n) is 1.41. The molecule has 0 aromatic rings. The fourth-order valence-corrected chi connectivity index (χ4v) is 1.41. The van der Waals surface area contributed by atoms with Crippen LogP contribution in [0.15, 0.2) is 16.7 Å². The maximum Gasteiger partial charge on any atom is 1.00 e. The monoisotopic (exact) mass is 327 g/mol. The van der Waals surface area contributed by atoms with Crippen LogP contribution in [0.1, 0.15) is 34.6 Å². The van der Waals surface area contributed by atoms with Crippen LogP contribution in [0.5, 0.6) is 0 Å². The Kier molecular flexibility index (Phi) is 3.27. The van der Waals surface area contributed by atoms with Crippen LogP contribution in [0.4, 0.5) is 0 Å². The third kappa shape index (κ3) is 1.82. The van der Waals surface area contributed by atoms with Gasteiger partial charge in [0.25, 0.3) is 0 Å². The van der Waals surface area contributed by atoms with Crippen molar-refractivity contribution in [3.05, 3.63) is 22.8 Å². The van der Waals surface area contributed by atoms with E-state index in [0.717, 1.165) is 0 Å². The minimum Gasteiger partial charge on any atom is -0.263 e. The molecule has 0 aromatic carbocycles. The average molecular weight is 325 g/mol. The molecule has 0 bridgehead atoms. The van der Waals surface area contributed by atoms with Gasteiger partial charge in [-0.3, -0.25) is 6.08 Å². The van der Waals surface area contributed by atoms with Crippen LogP contribution in [-0.4, -0.2) is 0 Å². The minimum atomic E-state index is 0. The van der Waals surface area contributed by atoms with E-state index in [1.54, 1.807) is 0 Å². The Morgan fingerprint density at radius 1 is 1.09 bits per heavy atom. The van der Waals surface area contributed by atoms with Crippen molar-refractivity contribution >= 4 is 0 Å². The SMILES string of the molecule is CC1=[C-]C(C)(C)C(C)=C1C.[Os+]. The molecule has 1 aliphatic carbocycles. The van der Waals surface area contributed by atoms with Gasteiger partial charge in [0.1, 0.15) is 0 Å². The van der Waals surface area contributed by atoms with Crippen LogP contribution in [0, 0.1) is 11.5 Å². The Bertz CT molecular complexity index is 219. The molecule has 1 aliphatic rings. The molecule has 0 saturated carbocycles. The number of allylic oxidation sites excluding steroid dienone is 4. The zero-order valence-corrected chi connectivity index (χ0v) is 10.4. The summed E-state index contributed by atoms with van der Waals surface area (Å²) in [5.41, 5.74) is 4.39. The molecule has 0 amide bonds. The van der Waals surface area contributed by atoms with Gasteiger partial charge in [0.15, 0.2) is 0 Å². The van der Waals surface area contributed by atoms with Crippen LogP contribution in [0.25, 0.3) is 0 Å². The van der Waals surface area contributed by atoms with Crippen molar-refractivity contribution in [3.63, 3.8) is 0 Å². The molecule has 1 radical (unpaired) electrons. The van der Waals surface area contributed by atoms with Crippen molar-refractivity contribution in [1.82, 2.24) is 0 Å². The summed E-state index contributed by atoms with van der Waals surface area (Å²) < 4.78 is 0. The predicted octanol–water partition coefficient (Wildman–Crippen LogP) is 3.11. The minimum absolute atomic E-state index is 0. The summed E-state index contributed by atoms with van der Waals surface area (Å²) in [5, 5.41) is 0. The fraction of sp³-hybridized carbons (Fsp3) is 0.600. The normalized spacial score (nSPS) is 21.4. The van der Waals surface area contributed by atoms with Crippen molar-refractivity contribution < 1.29 is 19.8 Å². The van der Waals surface area contributed by atoms with E-state index < -0.39 is 0 Å². The van der Waals surface area contributed by atoms with Crippen molar-refractivity contribution in [3.8, 4) is 0 Å². The summed E-state index contributed by atoms with van der Waals surface area (Å²) in [6, 6.07) is 0. The first-order valence-corrected chi connectivity index (χ1v) is 3.75. The van der Waals surface area contributed by atoms with Gasteiger partial charge in [-0.15, -0.1) is 6.92 Å². The number of hydrogen-bond donors (Lipinski definition) is 0. The van der Waals surface area contributed by atoms with E-state index in [2.05, 4.69) is 40.7 Å². The molecule has 1 heteroatoms. The van der Waals surface area contributed by atoms with Crippen LogP contribution < -0.4 is 0 Å². The van der Waals surface area contributed by atoms with E-state index in [4.69, 9.17) is 0 Å². The molecule has 0 aromatic heterocycles. The van der Waals surface area contributed by atoms with Crippen molar-refractivity contribution in [2.24, 2.45) is 5.41 Å². The molecule has 0 N–H and O–H groups in total. The Hall–Kier alpha value is 0.116. The first-order chi connectivity index (χ1) is 4.45. The molecule has 0 unspecified atom stereocenters. The standard InChI is InChI=1S/C10H15.Os/c1-7-6-10(4,5)9(3)8(7)2;/h1-5H3;/q-1;+1. The van der Waals surface area contributed by atoms with Crippen molar-refractivity contribution in [2.75, 3.05) is 0 Å². The smallest absolute Gasteiger partial charge is 0.263 e. The van der Waals surface area contributed by atoms with E-state index in [-0.39, 0.29) is 25.2 Å². The van der Waals surface area contributed by atoms with Gasteiger partial charge in [-0.25, -0.2) is 5.57 Å². The second-order valence-corrected chi connectivity index (χ2v) is 3.62. The Labute approximate surface area is 82.8 Å². The number of hydrogen-bond acceptors (Lipinski definition) is 0. The van der Waals surface area contributed by atoms with Gasteiger partial charge < -0.3 is 0 Å². The van der Waals surface area contributed by atoms with Crippen LogP contribution in [0.2, 0.25) is 0 Å². The largest absolute Gasteiger partial charge is 1.00 e. The van der Waals surface area contributed by atoms with Crippen LogP contribution in [0.3, 0.4) is 0 Å². The molecule has 0 aliphatic heterocycles. The van der Waals surface area contributed by atoms with Gasteiger partial charge in [0.05, 0.1) is 0 Å². The second-order valence-electron chi connectivity index (χ2n) is 3.62. The molecule has 63 valence electrons. The van der Waals surface area contributed by atoms with Gasteiger partial charge in [-0.1, -0.05) is 33.1 Å². The maximum atomic E-state index is 3.44. The summed E-state index contributed by atoms with van der Waals surface area (Å²) in [7, 11) is 0. The summed E-state index contributed by atoms with van der Waals surface area (Å²) in [6.45, 7) is 10.9. The van der Waals surface area contributed by atoms with Gasteiger partial charge >= 0.3 is 19.8 Å². The molecule has 11 heavy (non-hydrogen) atoms. The molecular weight excluding hydrogens is 310 g/mol. The second kappa shape index (κ2) is 3.24. The van der Waals surface area contributed by atoms with Gasteiger partial charge in [0.2, 0.25) is 0 Å². The Balaban J connectivity index is 0.000001000.